The van der Waals surface area contributed by atoms with E-state index >= 15 is 0 Å². The van der Waals surface area contributed by atoms with Crippen molar-refractivity contribution in [1.29, 1.82) is 0 Å². The Morgan fingerprint density at radius 1 is 1.25 bits per heavy atom. The van der Waals surface area contributed by atoms with Gasteiger partial charge in [-0.25, -0.2) is 4.79 Å². The molecule has 0 aromatic heterocycles. The lowest BCUT2D eigenvalue weighted by atomic mass is 9.89. The van der Waals surface area contributed by atoms with E-state index in [1.165, 1.54) is 12.8 Å². The molecular weight excluding hydrogens is 256 g/mol. The number of fused-ring (bicyclic) bond motifs is 2. The number of carboxylic acid groups (broad SMARTS) is 1. The fourth-order valence-electron chi connectivity index (χ4n) is 3.79. The van der Waals surface area contributed by atoms with Crippen molar-refractivity contribution in [3.8, 4) is 0 Å². The van der Waals surface area contributed by atoms with E-state index in [0.717, 1.165) is 19.4 Å². The number of carboxylic acids is 1. The number of carbonyl (C=O) groups is 2. The van der Waals surface area contributed by atoms with E-state index in [-0.39, 0.29) is 30.1 Å². The van der Waals surface area contributed by atoms with Gasteiger partial charge in [0, 0.05) is 24.7 Å². The highest BCUT2D eigenvalue weighted by Crippen LogP contribution is 2.43. The molecule has 2 heterocycles. The first kappa shape index (κ1) is 13.7. The lowest BCUT2D eigenvalue weighted by Gasteiger charge is -2.34. The van der Waals surface area contributed by atoms with E-state index in [4.69, 9.17) is 0 Å². The van der Waals surface area contributed by atoms with Gasteiger partial charge in [0.05, 0.1) is 5.92 Å². The average molecular weight is 280 g/mol. The Balaban J connectivity index is 1.74. The van der Waals surface area contributed by atoms with Gasteiger partial charge in [-0.15, -0.1) is 0 Å². The minimum Gasteiger partial charge on any atom is -0.481 e. The van der Waals surface area contributed by atoms with Crippen LogP contribution in [0.3, 0.4) is 0 Å². The van der Waals surface area contributed by atoms with Crippen molar-refractivity contribution in [2.24, 2.45) is 11.8 Å². The topological polar surface area (TPSA) is 60.9 Å². The number of nitrogens with zero attached hydrogens (tertiary/aromatic N) is 2. The highest BCUT2D eigenvalue weighted by atomic mass is 16.4. The minimum absolute atomic E-state index is 0.0724. The summed E-state index contributed by atoms with van der Waals surface area (Å²) >= 11 is 0. The molecule has 2 amide bonds. The van der Waals surface area contributed by atoms with Crippen LogP contribution >= 0.6 is 0 Å². The summed E-state index contributed by atoms with van der Waals surface area (Å²) in [5.74, 6) is -0.433. The first-order valence-corrected chi connectivity index (χ1v) is 7.80. The van der Waals surface area contributed by atoms with E-state index in [0.29, 0.717) is 12.3 Å². The number of aliphatic carboxylic acids is 1. The van der Waals surface area contributed by atoms with Crippen LogP contribution in [0.1, 0.15) is 46.0 Å². The van der Waals surface area contributed by atoms with Crippen LogP contribution in [0.25, 0.3) is 0 Å². The van der Waals surface area contributed by atoms with Crippen LogP contribution in [0.15, 0.2) is 0 Å². The fourth-order valence-corrected chi connectivity index (χ4v) is 3.79. The second-order valence-electron chi connectivity index (χ2n) is 6.86. The Labute approximate surface area is 119 Å². The number of hydrogen-bond donors (Lipinski definition) is 1. The molecule has 0 aromatic rings. The molecule has 3 fully saturated rings. The van der Waals surface area contributed by atoms with Gasteiger partial charge in [0.2, 0.25) is 0 Å². The van der Waals surface area contributed by atoms with E-state index in [1.807, 2.05) is 23.6 Å². The molecule has 1 saturated carbocycles. The zero-order chi connectivity index (χ0) is 14.4. The van der Waals surface area contributed by atoms with Crippen LogP contribution in [0, 0.1) is 11.8 Å². The van der Waals surface area contributed by atoms with E-state index in [1.54, 1.807) is 0 Å². The summed E-state index contributed by atoms with van der Waals surface area (Å²) in [6.07, 6.45) is 4.90. The zero-order valence-electron chi connectivity index (χ0n) is 12.3. The van der Waals surface area contributed by atoms with Crippen molar-refractivity contribution in [2.45, 2.75) is 64.1 Å². The molecule has 1 aliphatic carbocycles. The third-order valence-electron chi connectivity index (χ3n) is 5.10. The third kappa shape index (κ3) is 2.27. The summed E-state index contributed by atoms with van der Waals surface area (Å²) in [6, 6.07) is 0.328. The highest BCUT2D eigenvalue weighted by Gasteiger charge is 2.52. The summed E-state index contributed by atoms with van der Waals surface area (Å²) in [5.41, 5.74) is 0. The van der Waals surface area contributed by atoms with Crippen molar-refractivity contribution >= 4 is 12.0 Å². The van der Waals surface area contributed by atoms with Crippen LogP contribution in [-0.2, 0) is 4.79 Å². The molecule has 3 aliphatic rings. The van der Waals surface area contributed by atoms with Crippen molar-refractivity contribution in [2.75, 3.05) is 6.54 Å². The van der Waals surface area contributed by atoms with Crippen LogP contribution < -0.4 is 0 Å². The predicted molar refractivity (Wildman–Crippen MR) is 74.4 cm³/mol. The maximum atomic E-state index is 12.8. The maximum Gasteiger partial charge on any atom is 0.320 e. The van der Waals surface area contributed by atoms with Crippen LogP contribution in [0.5, 0.6) is 0 Å². The van der Waals surface area contributed by atoms with E-state index in [2.05, 4.69) is 0 Å². The number of hydrogen-bond acceptors (Lipinski definition) is 2. The van der Waals surface area contributed by atoms with Crippen molar-refractivity contribution < 1.29 is 14.7 Å². The fraction of sp³-hybridized carbons (Fsp3) is 0.867. The number of urea groups is 1. The summed E-state index contributed by atoms with van der Waals surface area (Å²) in [7, 11) is 0. The second-order valence-corrected chi connectivity index (χ2v) is 6.86. The molecule has 1 N–H and O–H groups in total. The van der Waals surface area contributed by atoms with Crippen molar-refractivity contribution in [3.05, 3.63) is 0 Å². The molecule has 2 saturated heterocycles. The highest BCUT2D eigenvalue weighted by molar-refractivity contribution is 5.79. The monoisotopic (exact) mass is 280 g/mol. The minimum atomic E-state index is -0.742. The first-order chi connectivity index (χ1) is 9.49. The van der Waals surface area contributed by atoms with Crippen molar-refractivity contribution in [3.63, 3.8) is 0 Å². The van der Waals surface area contributed by atoms with Gasteiger partial charge in [0.25, 0.3) is 0 Å². The lowest BCUT2D eigenvalue weighted by Crippen LogP contribution is -2.49. The quantitative estimate of drug-likeness (QED) is 0.858. The van der Waals surface area contributed by atoms with Gasteiger partial charge in [-0.05, 0) is 51.9 Å². The molecule has 0 aromatic carbocycles. The molecule has 5 nitrogen and oxygen atoms in total. The van der Waals surface area contributed by atoms with Gasteiger partial charge in [-0.3, -0.25) is 4.79 Å². The zero-order valence-corrected chi connectivity index (χ0v) is 12.3. The largest absolute Gasteiger partial charge is 0.481 e. The van der Waals surface area contributed by atoms with Gasteiger partial charge in [-0.1, -0.05) is 0 Å². The smallest absolute Gasteiger partial charge is 0.320 e. The Morgan fingerprint density at radius 3 is 2.45 bits per heavy atom. The Morgan fingerprint density at radius 2 is 1.95 bits per heavy atom. The molecular formula is C15H24N2O3. The maximum absolute atomic E-state index is 12.8. The Kier molecular flexibility index (Phi) is 3.38. The summed E-state index contributed by atoms with van der Waals surface area (Å²) in [5, 5.41) is 9.29. The molecule has 20 heavy (non-hydrogen) atoms. The number of rotatable bonds is 4. The summed E-state index contributed by atoms with van der Waals surface area (Å²) in [4.78, 5) is 28.0. The van der Waals surface area contributed by atoms with Crippen molar-refractivity contribution in [1.82, 2.24) is 9.80 Å². The average Bonchev–Trinajstić information content (AvgIpc) is 3.03. The van der Waals surface area contributed by atoms with Crippen LogP contribution in [0.4, 0.5) is 4.79 Å². The SMILES string of the molecule is CC(C)N(CC1CC1)C(=O)N1C2CCC1C(C(=O)O)C2. The number of carbonyl (C=O) groups excluding carboxylic acids is 1. The predicted octanol–water partition coefficient (Wildman–Crippen LogP) is 2.16. The molecule has 3 rings (SSSR count). The third-order valence-corrected chi connectivity index (χ3v) is 5.10. The van der Waals surface area contributed by atoms with Crippen LogP contribution in [-0.4, -0.2) is 51.6 Å². The lowest BCUT2D eigenvalue weighted by molar-refractivity contribution is -0.142. The first-order valence-electron chi connectivity index (χ1n) is 7.80. The van der Waals surface area contributed by atoms with Gasteiger partial charge < -0.3 is 14.9 Å². The molecule has 2 aliphatic heterocycles. The van der Waals surface area contributed by atoms with Crippen LogP contribution in [0.2, 0.25) is 0 Å². The van der Waals surface area contributed by atoms with Gasteiger partial charge in [0.15, 0.2) is 0 Å². The van der Waals surface area contributed by atoms with Gasteiger partial charge >= 0.3 is 12.0 Å². The number of amides is 2. The molecule has 2 bridgehead atoms. The van der Waals surface area contributed by atoms with E-state index in [9.17, 15) is 14.7 Å². The summed E-state index contributed by atoms with van der Waals surface area (Å²) < 4.78 is 0. The van der Waals surface area contributed by atoms with Gasteiger partial charge in [-0.2, -0.15) is 0 Å². The van der Waals surface area contributed by atoms with E-state index < -0.39 is 5.97 Å². The standard InChI is InChI=1S/C15H24N2O3/c1-9(2)16(8-10-3-4-10)15(20)17-11-5-6-13(17)12(7-11)14(18)19/h9-13H,3-8H2,1-2H3,(H,18,19). The normalized spacial score (nSPS) is 31.9. The van der Waals surface area contributed by atoms with Gasteiger partial charge in [0.1, 0.15) is 0 Å². The molecule has 3 unspecified atom stereocenters. The Hall–Kier alpha value is -1.26. The molecule has 5 heteroatoms. The molecule has 3 atom stereocenters. The second kappa shape index (κ2) is 4.93. The summed E-state index contributed by atoms with van der Waals surface area (Å²) in [6.45, 7) is 4.93. The molecule has 0 radical (unpaired) electrons. The Bertz CT molecular complexity index is 419. The molecule has 112 valence electrons. The molecule has 0 spiro atoms.